The fourth-order valence-corrected chi connectivity index (χ4v) is 2.62. The van der Waals surface area contributed by atoms with Crippen molar-refractivity contribution in [2.24, 2.45) is 10.4 Å². The van der Waals surface area contributed by atoms with Gasteiger partial charge >= 0.3 is 0 Å². The number of hydrogen-bond donors (Lipinski definition) is 2. The van der Waals surface area contributed by atoms with Gasteiger partial charge in [-0.1, -0.05) is 30.3 Å². The Bertz CT molecular complexity index is 474. The van der Waals surface area contributed by atoms with E-state index in [0.717, 1.165) is 32.1 Å². The summed E-state index contributed by atoms with van der Waals surface area (Å²) in [6.45, 7) is 6.85. The molecule has 0 bridgehead atoms. The molecule has 0 amide bonds. The van der Waals surface area contributed by atoms with Crippen LogP contribution >= 0.6 is 24.0 Å². The first-order valence-corrected chi connectivity index (χ1v) is 8.29. The molecule has 5 heteroatoms. The molecule has 0 saturated heterocycles. The second kappa shape index (κ2) is 10.1. The van der Waals surface area contributed by atoms with Crippen LogP contribution in [0.5, 0.6) is 0 Å². The molecule has 0 spiro atoms. The second-order valence-corrected chi connectivity index (χ2v) is 6.15. The summed E-state index contributed by atoms with van der Waals surface area (Å²) >= 11 is 0. The van der Waals surface area contributed by atoms with Gasteiger partial charge in [0.05, 0.1) is 6.04 Å². The third-order valence-corrected chi connectivity index (χ3v) is 4.45. The number of ether oxygens (including phenoxy) is 1. The van der Waals surface area contributed by atoms with E-state index in [-0.39, 0.29) is 30.0 Å². The number of aliphatic imine (C=N–C) groups is 1. The van der Waals surface area contributed by atoms with Crippen molar-refractivity contribution >= 4 is 29.9 Å². The van der Waals surface area contributed by atoms with Crippen LogP contribution in [0.15, 0.2) is 35.3 Å². The minimum absolute atomic E-state index is 0. The maximum Gasteiger partial charge on any atom is 0.191 e. The number of nitrogens with one attached hydrogen (secondary N) is 2. The Morgan fingerprint density at radius 1 is 1.30 bits per heavy atom. The molecule has 1 aromatic carbocycles. The summed E-state index contributed by atoms with van der Waals surface area (Å²) in [5.74, 6) is 0.874. The molecule has 130 valence electrons. The fraction of sp³-hybridized carbons (Fsp3) is 0.611. The fourth-order valence-electron chi connectivity index (χ4n) is 2.62. The Morgan fingerprint density at radius 2 is 2.00 bits per heavy atom. The van der Waals surface area contributed by atoms with Crippen molar-refractivity contribution in [2.45, 2.75) is 39.2 Å². The van der Waals surface area contributed by atoms with Gasteiger partial charge in [-0.2, -0.15) is 0 Å². The highest BCUT2D eigenvalue weighted by Crippen LogP contribution is 2.48. The van der Waals surface area contributed by atoms with Crippen molar-refractivity contribution in [1.82, 2.24) is 10.6 Å². The molecule has 0 aliphatic heterocycles. The van der Waals surface area contributed by atoms with Crippen LogP contribution in [-0.2, 0) is 4.74 Å². The van der Waals surface area contributed by atoms with Gasteiger partial charge in [-0.25, -0.2) is 0 Å². The van der Waals surface area contributed by atoms with E-state index in [9.17, 15) is 0 Å². The Morgan fingerprint density at radius 3 is 2.57 bits per heavy atom. The monoisotopic (exact) mass is 431 g/mol. The van der Waals surface area contributed by atoms with Crippen molar-refractivity contribution in [3.8, 4) is 0 Å². The summed E-state index contributed by atoms with van der Waals surface area (Å²) in [6, 6.07) is 10.7. The minimum Gasteiger partial charge on any atom is -0.382 e. The number of halogens is 1. The lowest BCUT2D eigenvalue weighted by atomic mass is 10.0. The van der Waals surface area contributed by atoms with Crippen LogP contribution in [0.1, 0.15) is 44.7 Å². The zero-order chi connectivity index (χ0) is 15.8. The molecular weight excluding hydrogens is 401 g/mol. The summed E-state index contributed by atoms with van der Waals surface area (Å²) in [4.78, 5) is 4.34. The minimum atomic E-state index is 0. The first-order valence-electron chi connectivity index (χ1n) is 8.29. The Balaban J connectivity index is 0.00000264. The molecule has 1 fully saturated rings. The van der Waals surface area contributed by atoms with Crippen molar-refractivity contribution < 1.29 is 4.74 Å². The molecule has 2 N–H and O–H groups in total. The number of guanidine groups is 1. The van der Waals surface area contributed by atoms with Gasteiger partial charge in [0.1, 0.15) is 0 Å². The van der Waals surface area contributed by atoms with E-state index >= 15 is 0 Å². The molecular formula is C18H30IN3O. The molecule has 1 aromatic rings. The molecule has 0 aromatic heterocycles. The molecule has 1 aliphatic rings. The summed E-state index contributed by atoms with van der Waals surface area (Å²) in [5, 5.41) is 6.94. The van der Waals surface area contributed by atoms with E-state index < -0.39 is 0 Å². The summed E-state index contributed by atoms with van der Waals surface area (Å²) in [6.07, 6.45) is 3.72. The normalized spacial score (nSPS) is 17.1. The van der Waals surface area contributed by atoms with Gasteiger partial charge in [0.25, 0.3) is 0 Å². The lowest BCUT2D eigenvalue weighted by Crippen LogP contribution is -2.41. The van der Waals surface area contributed by atoms with Crippen molar-refractivity contribution in [2.75, 3.05) is 26.8 Å². The molecule has 1 aliphatic carbocycles. The zero-order valence-corrected chi connectivity index (χ0v) is 16.8. The highest BCUT2D eigenvalue weighted by atomic mass is 127. The maximum atomic E-state index is 5.49. The van der Waals surface area contributed by atoms with Crippen LogP contribution in [0, 0.1) is 5.41 Å². The topological polar surface area (TPSA) is 45.6 Å². The van der Waals surface area contributed by atoms with Crippen LogP contribution in [0.2, 0.25) is 0 Å². The SMILES string of the molecule is CCOCCC1(CNC(=NC)NC(C)c2ccccc2)CC1.I. The smallest absolute Gasteiger partial charge is 0.191 e. The van der Waals surface area contributed by atoms with Crippen LogP contribution in [0.25, 0.3) is 0 Å². The first-order chi connectivity index (χ1) is 10.7. The average Bonchev–Trinajstić information content (AvgIpc) is 3.32. The van der Waals surface area contributed by atoms with E-state index in [1.165, 1.54) is 18.4 Å². The lowest BCUT2D eigenvalue weighted by molar-refractivity contribution is 0.128. The molecule has 4 nitrogen and oxygen atoms in total. The van der Waals surface area contributed by atoms with Gasteiger partial charge in [0, 0.05) is 26.8 Å². The lowest BCUT2D eigenvalue weighted by Gasteiger charge is -2.21. The summed E-state index contributed by atoms with van der Waals surface area (Å²) in [5.41, 5.74) is 1.69. The second-order valence-electron chi connectivity index (χ2n) is 6.15. The Hall–Kier alpha value is -0.820. The van der Waals surface area contributed by atoms with Gasteiger partial charge < -0.3 is 15.4 Å². The molecule has 23 heavy (non-hydrogen) atoms. The van der Waals surface area contributed by atoms with Crippen molar-refractivity contribution in [3.63, 3.8) is 0 Å². The van der Waals surface area contributed by atoms with Crippen molar-refractivity contribution in [1.29, 1.82) is 0 Å². The predicted molar refractivity (Wildman–Crippen MR) is 108 cm³/mol. The van der Waals surface area contributed by atoms with Gasteiger partial charge in [0.15, 0.2) is 5.96 Å². The highest BCUT2D eigenvalue weighted by molar-refractivity contribution is 14.0. The van der Waals surface area contributed by atoms with E-state index in [4.69, 9.17) is 4.74 Å². The summed E-state index contributed by atoms with van der Waals surface area (Å²) in [7, 11) is 1.83. The van der Waals surface area contributed by atoms with Crippen LogP contribution in [0.3, 0.4) is 0 Å². The summed E-state index contributed by atoms with van der Waals surface area (Å²) < 4.78 is 5.49. The first kappa shape index (κ1) is 20.2. The zero-order valence-electron chi connectivity index (χ0n) is 14.5. The number of hydrogen-bond acceptors (Lipinski definition) is 2. The molecule has 1 saturated carbocycles. The van der Waals surface area contributed by atoms with Crippen molar-refractivity contribution in [3.05, 3.63) is 35.9 Å². The number of benzene rings is 1. The van der Waals surface area contributed by atoms with Gasteiger partial charge in [0.2, 0.25) is 0 Å². The van der Waals surface area contributed by atoms with E-state index in [1.54, 1.807) is 0 Å². The molecule has 0 radical (unpaired) electrons. The Labute approximate surface area is 157 Å². The van der Waals surface area contributed by atoms with E-state index in [1.807, 2.05) is 13.1 Å². The van der Waals surface area contributed by atoms with Gasteiger partial charge in [-0.15, -0.1) is 24.0 Å². The van der Waals surface area contributed by atoms with Gasteiger partial charge in [-0.05, 0) is 44.1 Å². The molecule has 1 atom stereocenters. The van der Waals surface area contributed by atoms with Crippen LogP contribution in [0.4, 0.5) is 0 Å². The van der Waals surface area contributed by atoms with E-state index in [2.05, 4.69) is 53.7 Å². The quantitative estimate of drug-likeness (QED) is 0.285. The largest absolute Gasteiger partial charge is 0.382 e. The maximum absolute atomic E-state index is 5.49. The predicted octanol–water partition coefficient (Wildman–Crippen LogP) is 3.74. The number of nitrogens with zero attached hydrogens (tertiary/aromatic N) is 1. The van der Waals surface area contributed by atoms with Crippen LogP contribution < -0.4 is 10.6 Å². The third-order valence-electron chi connectivity index (χ3n) is 4.45. The molecule has 2 rings (SSSR count). The highest BCUT2D eigenvalue weighted by Gasteiger charge is 2.41. The number of rotatable bonds is 8. The standard InChI is InChI=1S/C18H29N3O.HI/c1-4-22-13-12-18(10-11-18)14-20-17(19-3)21-15(2)16-8-6-5-7-9-16;/h5-9,15H,4,10-14H2,1-3H3,(H2,19,20,21);1H. The van der Waals surface area contributed by atoms with Crippen LogP contribution in [-0.4, -0.2) is 32.8 Å². The molecule has 0 heterocycles. The Kier molecular flexibility index (Phi) is 8.91. The third kappa shape index (κ3) is 6.67. The van der Waals surface area contributed by atoms with E-state index in [0.29, 0.717) is 5.41 Å². The molecule has 1 unspecified atom stereocenters. The average molecular weight is 431 g/mol. The van der Waals surface area contributed by atoms with Gasteiger partial charge in [-0.3, -0.25) is 4.99 Å².